The molecule has 0 aliphatic carbocycles. The quantitative estimate of drug-likeness (QED) is 0.670. The lowest BCUT2D eigenvalue weighted by Gasteiger charge is -2.22. The fraction of sp³-hybridized carbons (Fsp3) is 0.615. The molecule has 1 unspecified atom stereocenters. The molecular formula is C13H19BrN2O. The topological polar surface area (TPSA) is 34.1 Å². The third kappa shape index (κ3) is 4.74. The minimum absolute atomic E-state index is 0.667. The molecule has 1 aromatic rings. The number of hydrogen-bond donors (Lipinski definition) is 1. The molecule has 0 spiro atoms. The van der Waals surface area contributed by atoms with Gasteiger partial charge in [0.25, 0.3) is 0 Å². The number of hydrogen-bond acceptors (Lipinski definition) is 3. The van der Waals surface area contributed by atoms with Crippen molar-refractivity contribution in [3.8, 4) is 0 Å². The van der Waals surface area contributed by atoms with Crippen LogP contribution in [0.15, 0.2) is 22.9 Å². The molecular weight excluding hydrogens is 280 g/mol. The molecule has 94 valence electrons. The summed E-state index contributed by atoms with van der Waals surface area (Å²) in [6.07, 6.45) is 5.67. The Bertz CT molecular complexity index is 323. The summed E-state index contributed by atoms with van der Waals surface area (Å²) in [5, 5.41) is 3.43. The zero-order chi connectivity index (χ0) is 11.9. The summed E-state index contributed by atoms with van der Waals surface area (Å²) in [5.41, 5.74) is 1.13. The van der Waals surface area contributed by atoms with Crippen molar-refractivity contribution >= 4 is 15.9 Å². The van der Waals surface area contributed by atoms with Gasteiger partial charge in [-0.15, -0.1) is 0 Å². The van der Waals surface area contributed by atoms with E-state index in [9.17, 15) is 0 Å². The fourth-order valence-electron chi connectivity index (χ4n) is 2.10. The Morgan fingerprint density at radius 1 is 1.47 bits per heavy atom. The lowest BCUT2D eigenvalue weighted by atomic mass is 9.97. The molecule has 0 saturated carbocycles. The van der Waals surface area contributed by atoms with E-state index in [-0.39, 0.29) is 0 Å². The first-order valence-electron chi connectivity index (χ1n) is 6.23. The van der Waals surface area contributed by atoms with E-state index in [0.717, 1.165) is 35.7 Å². The molecule has 0 aromatic carbocycles. The molecule has 1 atom stereocenters. The van der Waals surface area contributed by atoms with E-state index in [1.54, 1.807) is 0 Å². The maximum absolute atomic E-state index is 5.68. The summed E-state index contributed by atoms with van der Waals surface area (Å²) in [6, 6.07) is 3.99. The van der Waals surface area contributed by atoms with Gasteiger partial charge in [0.2, 0.25) is 0 Å². The maximum Gasteiger partial charge on any atom is 0.106 e. The molecule has 3 nitrogen and oxygen atoms in total. The van der Waals surface area contributed by atoms with E-state index in [4.69, 9.17) is 4.74 Å². The predicted molar refractivity (Wildman–Crippen MR) is 71.8 cm³/mol. The Hall–Kier alpha value is -0.450. The molecule has 0 amide bonds. The van der Waals surface area contributed by atoms with Crippen LogP contribution in [0.3, 0.4) is 0 Å². The van der Waals surface area contributed by atoms with Crippen LogP contribution in [0.2, 0.25) is 0 Å². The van der Waals surface area contributed by atoms with Crippen molar-refractivity contribution in [3.05, 3.63) is 28.5 Å². The molecule has 1 aliphatic heterocycles. The van der Waals surface area contributed by atoms with Gasteiger partial charge in [0.05, 0.1) is 6.61 Å². The minimum atomic E-state index is 0.667. The van der Waals surface area contributed by atoms with E-state index < -0.39 is 0 Å². The van der Waals surface area contributed by atoms with Crippen LogP contribution in [0, 0.1) is 5.92 Å². The summed E-state index contributed by atoms with van der Waals surface area (Å²) >= 11 is 3.32. The smallest absolute Gasteiger partial charge is 0.106 e. The van der Waals surface area contributed by atoms with Crippen molar-refractivity contribution in [1.82, 2.24) is 10.3 Å². The highest BCUT2D eigenvalue weighted by Crippen LogP contribution is 2.14. The van der Waals surface area contributed by atoms with Crippen molar-refractivity contribution in [3.63, 3.8) is 0 Å². The Morgan fingerprint density at radius 2 is 2.41 bits per heavy atom. The molecule has 4 heteroatoms. The number of nitrogens with one attached hydrogen (secondary N) is 1. The van der Waals surface area contributed by atoms with Gasteiger partial charge >= 0.3 is 0 Å². The van der Waals surface area contributed by atoms with Crippen molar-refractivity contribution in [1.29, 1.82) is 0 Å². The van der Waals surface area contributed by atoms with Crippen LogP contribution >= 0.6 is 15.9 Å². The second-order valence-corrected chi connectivity index (χ2v) is 5.36. The SMILES string of the molecule is Brc1ccc(COCCC2CCCNC2)cn1. The van der Waals surface area contributed by atoms with Gasteiger partial charge in [0.15, 0.2) is 0 Å². The summed E-state index contributed by atoms with van der Waals surface area (Å²) in [5.74, 6) is 0.798. The predicted octanol–water partition coefficient (Wildman–Crippen LogP) is 2.75. The average Bonchev–Trinajstić information content (AvgIpc) is 2.38. The first-order valence-corrected chi connectivity index (χ1v) is 7.03. The molecule has 0 radical (unpaired) electrons. The van der Waals surface area contributed by atoms with Gasteiger partial charge in [-0.3, -0.25) is 0 Å². The zero-order valence-electron chi connectivity index (χ0n) is 9.99. The molecule has 1 fully saturated rings. The van der Waals surface area contributed by atoms with Crippen LogP contribution in [0.25, 0.3) is 0 Å². The van der Waals surface area contributed by atoms with E-state index in [1.165, 1.54) is 19.4 Å². The highest BCUT2D eigenvalue weighted by atomic mass is 79.9. The number of pyridine rings is 1. The second kappa shape index (κ2) is 7.09. The summed E-state index contributed by atoms with van der Waals surface area (Å²) in [7, 11) is 0. The van der Waals surface area contributed by atoms with Crippen LogP contribution in [0.4, 0.5) is 0 Å². The third-order valence-corrected chi connectivity index (χ3v) is 3.60. The molecule has 2 rings (SSSR count). The van der Waals surface area contributed by atoms with Gasteiger partial charge in [0, 0.05) is 12.8 Å². The van der Waals surface area contributed by atoms with Crippen LogP contribution in [0.1, 0.15) is 24.8 Å². The maximum atomic E-state index is 5.68. The first kappa shape index (κ1) is 13.0. The van der Waals surface area contributed by atoms with E-state index in [0.29, 0.717) is 6.61 Å². The van der Waals surface area contributed by atoms with E-state index in [2.05, 4.69) is 26.2 Å². The van der Waals surface area contributed by atoms with Crippen LogP contribution in [-0.4, -0.2) is 24.7 Å². The van der Waals surface area contributed by atoms with Crippen molar-refractivity contribution < 1.29 is 4.74 Å². The normalized spacial score (nSPS) is 20.4. The molecule has 1 saturated heterocycles. The average molecular weight is 299 g/mol. The standard InChI is InChI=1S/C13H19BrN2O/c14-13-4-3-12(9-16-13)10-17-7-5-11-2-1-6-15-8-11/h3-4,9,11,15H,1-2,5-8,10H2. The minimum Gasteiger partial charge on any atom is -0.377 e. The van der Waals surface area contributed by atoms with Gasteiger partial charge in [-0.05, 0) is 65.8 Å². The van der Waals surface area contributed by atoms with Crippen molar-refractivity contribution in [2.45, 2.75) is 25.9 Å². The summed E-state index contributed by atoms with van der Waals surface area (Å²) in [4.78, 5) is 4.17. The molecule has 1 N–H and O–H groups in total. The van der Waals surface area contributed by atoms with Gasteiger partial charge in [-0.1, -0.05) is 6.07 Å². The van der Waals surface area contributed by atoms with Gasteiger partial charge in [0.1, 0.15) is 4.60 Å². The number of ether oxygens (including phenoxy) is 1. The van der Waals surface area contributed by atoms with E-state index in [1.807, 2.05) is 18.3 Å². The summed E-state index contributed by atoms with van der Waals surface area (Å²) < 4.78 is 6.55. The molecule has 0 bridgehead atoms. The monoisotopic (exact) mass is 298 g/mol. The fourth-order valence-corrected chi connectivity index (χ4v) is 2.34. The first-order chi connectivity index (χ1) is 8.34. The Morgan fingerprint density at radius 3 is 3.12 bits per heavy atom. The van der Waals surface area contributed by atoms with Crippen molar-refractivity contribution in [2.75, 3.05) is 19.7 Å². The molecule has 2 heterocycles. The number of rotatable bonds is 5. The third-order valence-electron chi connectivity index (χ3n) is 3.13. The van der Waals surface area contributed by atoms with Gasteiger partial charge in [-0.2, -0.15) is 0 Å². The number of halogens is 1. The van der Waals surface area contributed by atoms with Crippen LogP contribution in [0.5, 0.6) is 0 Å². The highest BCUT2D eigenvalue weighted by Gasteiger charge is 2.12. The number of piperidine rings is 1. The Kier molecular flexibility index (Phi) is 5.42. The number of aromatic nitrogens is 1. The molecule has 17 heavy (non-hydrogen) atoms. The lowest BCUT2D eigenvalue weighted by molar-refractivity contribution is 0.103. The molecule has 1 aromatic heterocycles. The van der Waals surface area contributed by atoms with Crippen molar-refractivity contribution in [2.24, 2.45) is 5.92 Å². The second-order valence-electron chi connectivity index (χ2n) is 4.54. The van der Waals surface area contributed by atoms with Gasteiger partial charge < -0.3 is 10.1 Å². The Balaban J connectivity index is 1.60. The Labute approximate surface area is 111 Å². The lowest BCUT2D eigenvalue weighted by Crippen LogP contribution is -2.30. The van der Waals surface area contributed by atoms with Crippen LogP contribution in [-0.2, 0) is 11.3 Å². The highest BCUT2D eigenvalue weighted by molar-refractivity contribution is 9.10. The van der Waals surface area contributed by atoms with E-state index >= 15 is 0 Å². The number of nitrogens with zero attached hydrogens (tertiary/aromatic N) is 1. The zero-order valence-corrected chi connectivity index (χ0v) is 11.6. The largest absolute Gasteiger partial charge is 0.377 e. The summed E-state index contributed by atoms with van der Waals surface area (Å²) in [6.45, 7) is 3.86. The molecule has 1 aliphatic rings. The van der Waals surface area contributed by atoms with Gasteiger partial charge in [-0.25, -0.2) is 4.98 Å². The van der Waals surface area contributed by atoms with Crippen LogP contribution < -0.4 is 5.32 Å².